The monoisotopic (exact) mass is 332 g/mol. The molecule has 2 N–H and O–H groups in total. The SMILES string of the molecule is CC.O=C1NC(c2ccc(O)cc2)Sc2ccc([N+](=O)[O-])cc21. The van der Waals surface area contributed by atoms with E-state index in [0.717, 1.165) is 5.56 Å². The number of thioether (sulfide) groups is 1. The first kappa shape index (κ1) is 16.8. The van der Waals surface area contributed by atoms with Crippen molar-refractivity contribution in [3.05, 3.63) is 63.7 Å². The molecule has 1 amide bonds. The molecule has 2 aromatic carbocycles. The highest BCUT2D eigenvalue weighted by Gasteiger charge is 2.27. The summed E-state index contributed by atoms with van der Waals surface area (Å²) in [5.41, 5.74) is 1.05. The summed E-state index contributed by atoms with van der Waals surface area (Å²) in [6.07, 6.45) is 0. The molecule has 2 aromatic rings. The van der Waals surface area contributed by atoms with Crippen LogP contribution in [0.15, 0.2) is 47.4 Å². The normalized spacial score (nSPS) is 15.7. The number of nitro groups is 1. The largest absolute Gasteiger partial charge is 0.508 e. The smallest absolute Gasteiger partial charge is 0.270 e. The Bertz CT molecular complexity index is 731. The van der Waals surface area contributed by atoms with Crippen LogP contribution in [0, 0.1) is 10.1 Å². The molecule has 1 aliphatic heterocycles. The number of nitrogens with one attached hydrogen (secondary N) is 1. The maximum atomic E-state index is 12.1. The molecule has 0 aromatic heterocycles. The summed E-state index contributed by atoms with van der Waals surface area (Å²) >= 11 is 1.40. The summed E-state index contributed by atoms with van der Waals surface area (Å²) in [5.74, 6) is -0.188. The van der Waals surface area contributed by atoms with Crippen LogP contribution in [0.4, 0.5) is 5.69 Å². The molecule has 0 saturated carbocycles. The molecule has 1 unspecified atom stereocenters. The van der Waals surface area contributed by atoms with Crippen LogP contribution in [0.5, 0.6) is 5.75 Å². The Balaban J connectivity index is 0.000000924. The second-order valence-electron chi connectivity index (χ2n) is 4.50. The van der Waals surface area contributed by atoms with E-state index in [-0.39, 0.29) is 22.7 Å². The van der Waals surface area contributed by atoms with E-state index in [1.807, 2.05) is 13.8 Å². The van der Waals surface area contributed by atoms with Gasteiger partial charge in [-0.15, -0.1) is 0 Å². The van der Waals surface area contributed by atoms with Crippen LogP contribution < -0.4 is 5.32 Å². The topological polar surface area (TPSA) is 92.5 Å². The third kappa shape index (κ3) is 3.62. The molecule has 6 nitrogen and oxygen atoms in total. The summed E-state index contributed by atoms with van der Waals surface area (Å²) in [4.78, 5) is 23.0. The van der Waals surface area contributed by atoms with E-state index in [0.29, 0.717) is 10.5 Å². The van der Waals surface area contributed by atoms with Gasteiger partial charge in [0.1, 0.15) is 11.1 Å². The molecule has 0 radical (unpaired) electrons. The Morgan fingerprint density at radius 3 is 2.43 bits per heavy atom. The summed E-state index contributed by atoms with van der Waals surface area (Å²) in [5, 5.41) is 22.6. The van der Waals surface area contributed by atoms with Crippen LogP contribution >= 0.6 is 11.8 Å². The molecule has 0 bridgehead atoms. The molecule has 1 atom stereocenters. The van der Waals surface area contributed by atoms with Gasteiger partial charge in [-0.1, -0.05) is 37.7 Å². The maximum Gasteiger partial charge on any atom is 0.270 e. The number of carbonyl (C=O) groups excluding carboxylic acids is 1. The number of phenols is 1. The van der Waals surface area contributed by atoms with Crippen LogP contribution in [-0.4, -0.2) is 15.9 Å². The number of aromatic hydroxyl groups is 1. The van der Waals surface area contributed by atoms with Crippen molar-refractivity contribution < 1.29 is 14.8 Å². The quantitative estimate of drug-likeness (QED) is 0.643. The molecule has 1 heterocycles. The zero-order chi connectivity index (χ0) is 17.0. The second-order valence-corrected chi connectivity index (χ2v) is 5.65. The van der Waals surface area contributed by atoms with Gasteiger partial charge in [-0.3, -0.25) is 14.9 Å². The van der Waals surface area contributed by atoms with Gasteiger partial charge in [-0.2, -0.15) is 0 Å². The zero-order valence-electron chi connectivity index (χ0n) is 12.6. The Kier molecular flexibility index (Phi) is 5.23. The lowest BCUT2D eigenvalue weighted by Gasteiger charge is -2.25. The van der Waals surface area contributed by atoms with Gasteiger partial charge < -0.3 is 10.4 Å². The van der Waals surface area contributed by atoms with E-state index in [9.17, 15) is 20.0 Å². The first-order valence-electron chi connectivity index (χ1n) is 7.09. The molecule has 0 fully saturated rings. The second kappa shape index (κ2) is 7.15. The van der Waals surface area contributed by atoms with E-state index in [1.165, 1.54) is 23.9 Å². The number of carbonyl (C=O) groups is 1. The maximum absolute atomic E-state index is 12.1. The van der Waals surface area contributed by atoms with Crippen LogP contribution in [0.25, 0.3) is 0 Å². The van der Waals surface area contributed by atoms with E-state index in [4.69, 9.17) is 0 Å². The number of fused-ring (bicyclic) bond motifs is 1. The molecule has 0 spiro atoms. The van der Waals surface area contributed by atoms with Crippen molar-refractivity contribution in [1.82, 2.24) is 5.32 Å². The van der Waals surface area contributed by atoms with Crippen molar-refractivity contribution in [1.29, 1.82) is 0 Å². The average molecular weight is 332 g/mol. The van der Waals surface area contributed by atoms with Gasteiger partial charge in [0.05, 0.1) is 10.5 Å². The fraction of sp³-hybridized carbons (Fsp3) is 0.188. The van der Waals surface area contributed by atoms with Gasteiger partial charge >= 0.3 is 0 Å². The molecule has 0 aliphatic carbocycles. The number of nitrogens with zero attached hydrogens (tertiary/aromatic N) is 1. The standard InChI is InChI=1S/C14H10N2O4S.C2H6/c17-10-4-1-8(2-5-10)14-15-13(18)11-7-9(16(19)20)3-6-12(11)21-14;1-2/h1-7,14,17H,(H,15,18);1-2H3. The van der Waals surface area contributed by atoms with Crippen LogP contribution in [0.1, 0.15) is 35.1 Å². The lowest BCUT2D eigenvalue weighted by atomic mass is 10.1. The Morgan fingerprint density at radius 2 is 1.83 bits per heavy atom. The first-order valence-corrected chi connectivity index (χ1v) is 7.97. The van der Waals surface area contributed by atoms with Crippen molar-refractivity contribution in [2.75, 3.05) is 0 Å². The molecule has 23 heavy (non-hydrogen) atoms. The van der Waals surface area contributed by atoms with Crippen molar-refractivity contribution in [3.63, 3.8) is 0 Å². The lowest BCUT2D eigenvalue weighted by Crippen LogP contribution is -2.30. The van der Waals surface area contributed by atoms with Crippen molar-refractivity contribution >= 4 is 23.4 Å². The number of non-ortho nitro benzene ring substituents is 1. The van der Waals surface area contributed by atoms with E-state index < -0.39 is 4.92 Å². The van der Waals surface area contributed by atoms with Gasteiger partial charge in [0.15, 0.2) is 0 Å². The zero-order valence-corrected chi connectivity index (χ0v) is 13.5. The van der Waals surface area contributed by atoms with E-state index >= 15 is 0 Å². The Hall–Kier alpha value is -2.54. The highest BCUT2D eigenvalue weighted by atomic mass is 32.2. The van der Waals surface area contributed by atoms with Gasteiger partial charge in [0.25, 0.3) is 11.6 Å². The average Bonchev–Trinajstić information content (AvgIpc) is 2.57. The summed E-state index contributed by atoms with van der Waals surface area (Å²) in [7, 11) is 0. The lowest BCUT2D eigenvalue weighted by molar-refractivity contribution is -0.384. The Labute approximate surface area is 137 Å². The van der Waals surface area contributed by atoms with Gasteiger partial charge in [-0.25, -0.2) is 0 Å². The molecule has 120 valence electrons. The van der Waals surface area contributed by atoms with E-state index in [2.05, 4.69) is 5.32 Å². The Morgan fingerprint density at radius 1 is 1.17 bits per heavy atom. The predicted octanol–water partition coefficient (Wildman–Crippen LogP) is 3.86. The number of nitro benzene ring substituents is 1. The molecular formula is C16H16N2O4S. The summed E-state index contributed by atoms with van der Waals surface area (Å²) in [6, 6.07) is 10.8. The molecule has 0 saturated heterocycles. The summed E-state index contributed by atoms with van der Waals surface area (Å²) in [6.45, 7) is 4.00. The fourth-order valence-corrected chi connectivity index (χ4v) is 3.20. The van der Waals surface area contributed by atoms with Crippen LogP contribution in [0.2, 0.25) is 0 Å². The minimum absolute atomic E-state index is 0.104. The van der Waals surface area contributed by atoms with Gasteiger partial charge in [0.2, 0.25) is 0 Å². The highest BCUT2D eigenvalue weighted by molar-refractivity contribution is 7.99. The summed E-state index contributed by atoms with van der Waals surface area (Å²) < 4.78 is 0. The first-order chi connectivity index (χ1) is 11.0. The molecule has 3 rings (SSSR count). The third-order valence-electron chi connectivity index (χ3n) is 3.12. The number of amides is 1. The number of benzene rings is 2. The van der Waals surface area contributed by atoms with Gasteiger partial charge in [0, 0.05) is 17.0 Å². The van der Waals surface area contributed by atoms with Crippen LogP contribution in [0.3, 0.4) is 0 Å². The van der Waals surface area contributed by atoms with Crippen molar-refractivity contribution in [3.8, 4) is 5.75 Å². The van der Waals surface area contributed by atoms with Crippen molar-refractivity contribution in [2.24, 2.45) is 0 Å². The number of hydrogen-bond donors (Lipinski definition) is 2. The van der Waals surface area contributed by atoms with E-state index in [1.54, 1.807) is 30.3 Å². The predicted molar refractivity (Wildman–Crippen MR) is 88.6 cm³/mol. The number of hydrogen-bond acceptors (Lipinski definition) is 5. The minimum atomic E-state index is -0.524. The van der Waals surface area contributed by atoms with Crippen LogP contribution in [-0.2, 0) is 0 Å². The number of rotatable bonds is 2. The highest BCUT2D eigenvalue weighted by Crippen LogP contribution is 2.40. The molecular weight excluding hydrogens is 316 g/mol. The van der Waals surface area contributed by atoms with Crippen molar-refractivity contribution in [2.45, 2.75) is 24.1 Å². The molecule has 1 aliphatic rings. The number of phenolic OH excluding ortho intramolecular Hbond substituents is 1. The van der Waals surface area contributed by atoms with Gasteiger partial charge in [-0.05, 0) is 23.8 Å². The minimum Gasteiger partial charge on any atom is -0.508 e. The molecule has 7 heteroatoms. The third-order valence-corrected chi connectivity index (χ3v) is 4.36. The fourth-order valence-electron chi connectivity index (χ4n) is 2.07.